The molecule has 326 valence electrons. The summed E-state index contributed by atoms with van der Waals surface area (Å²) in [6.07, 6.45) is 2.00. The number of amides is 6. The van der Waals surface area contributed by atoms with Gasteiger partial charge in [0.05, 0.1) is 17.5 Å². The van der Waals surface area contributed by atoms with E-state index in [0.717, 1.165) is 21.8 Å². The Hall–Kier alpha value is -7.30. The van der Waals surface area contributed by atoms with Crippen molar-refractivity contribution in [2.24, 2.45) is 5.73 Å². The number of nitrogens with zero attached hydrogens (tertiary/aromatic N) is 1. The Morgan fingerprint density at radius 3 is 2.13 bits per heavy atom. The number of hydrogen-bond acceptors (Lipinski definition) is 9. The first kappa shape index (κ1) is 45.8. The molecule has 5 rings (SSSR count). The van der Waals surface area contributed by atoms with Crippen molar-refractivity contribution in [3.8, 4) is 0 Å². The Labute approximate surface area is 357 Å². The molecule has 0 saturated heterocycles. The maximum atomic E-state index is 14.2. The number of rotatable bonds is 20. The normalized spacial score (nSPS) is 13.2. The third kappa shape index (κ3) is 13.6. The van der Waals surface area contributed by atoms with Crippen LogP contribution in [-0.2, 0) is 41.6 Å². The van der Waals surface area contributed by atoms with Crippen LogP contribution in [0.15, 0.2) is 97.3 Å². The van der Waals surface area contributed by atoms with Crippen LogP contribution in [0.25, 0.3) is 21.8 Å². The van der Waals surface area contributed by atoms with E-state index in [1.807, 2.05) is 48.5 Å². The standard InChI is InChI=1S/C45H52N8O9/c1-45(2,3)62-44(61)53-36(23-29-25-49-33-18-10-8-16-31(29)33)42(59)50-34(19-11-12-20-47-40(57)30-22-28-15-7-9-17-32(28)48-26-30)41(58)52-37(24-38(54)55)43(60)51-35(39(46)56)21-27-13-5-4-6-14-27/h4-10,13-18,22,25-26,34-37,49H,11-12,19-21,23-24H2,1-3H3,(H2,46,56)(H,47,57)(H,50,59)(H,51,60)(H,52,58)(H,53,61)(H,54,55)/t34-,35-,36-,37-/m0/s1. The van der Waals surface area contributed by atoms with Gasteiger partial charge in [-0.05, 0) is 69.4 Å². The van der Waals surface area contributed by atoms with E-state index in [2.05, 4.69) is 36.6 Å². The average molecular weight is 849 g/mol. The van der Waals surface area contributed by atoms with Crippen LogP contribution in [0.1, 0.15) is 67.9 Å². The van der Waals surface area contributed by atoms with Crippen molar-refractivity contribution in [3.63, 3.8) is 0 Å². The summed E-state index contributed by atoms with van der Waals surface area (Å²) in [5, 5.41) is 24.4. The van der Waals surface area contributed by atoms with Gasteiger partial charge in [0.15, 0.2) is 0 Å². The van der Waals surface area contributed by atoms with E-state index in [1.165, 1.54) is 6.20 Å². The number of carboxylic acids is 1. The zero-order chi connectivity index (χ0) is 44.8. The summed E-state index contributed by atoms with van der Waals surface area (Å²) in [4.78, 5) is 99.7. The molecule has 2 heterocycles. The molecule has 17 heteroatoms. The number of pyridine rings is 1. The van der Waals surface area contributed by atoms with Crippen LogP contribution in [-0.4, -0.2) is 93.0 Å². The number of nitrogens with two attached hydrogens (primary N) is 1. The number of ether oxygens (including phenoxy) is 1. The lowest BCUT2D eigenvalue weighted by molar-refractivity contribution is -0.141. The van der Waals surface area contributed by atoms with Crippen LogP contribution in [0, 0.1) is 0 Å². The van der Waals surface area contributed by atoms with Gasteiger partial charge in [0.25, 0.3) is 5.91 Å². The number of hydrogen-bond donors (Lipinski definition) is 8. The molecule has 0 aliphatic rings. The van der Waals surface area contributed by atoms with Gasteiger partial charge in [0, 0.05) is 48.1 Å². The fourth-order valence-electron chi connectivity index (χ4n) is 6.69. The fourth-order valence-corrected chi connectivity index (χ4v) is 6.69. The maximum Gasteiger partial charge on any atom is 0.408 e. The summed E-state index contributed by atoms with van der Waals surface area (Å²) in [5.41, 5.74) is 7.95. The van der Waals surface area contributed by atoms with Gasteiger partial charge >= 0.3 is 12.1 Å². The molecule has 62 heavy (non-hydrogen) atoms. The molecule has 4 atom stereocenters. The molecule has 0 aliphatic heterocycles. The number of alkyl carbamates (subject to hydrolysis) is 1. The first-order valence-electron chi connectivity index (χ1n) is 20.2. The highest BCUT2D eigenvalue weighted by atomic mass is 16.6. The summed E-state index contributed by atoms with van der Waals surface area (Å²) in [6, 6.07) is 19.6. The summed E-state index contributed by atoms with van der Waals surface area (Å²) >= 11 is 0. The number of fused-ring (bicyclic) bond motifs is 2. The van der Waals surface area contributed by atoms with Crippen molar-refractivity contribution in [2.45, 2.75) is 89.1 Å². The van der Waals surface area contributed by atoms with Crippen LogP contribution < -0.4 is 32.3 Å². The van der Waals surface area contributed by atoms with E-state index in [1.54, 1.807) is 63.4 Å². The van der Waals surface area contributed by atoms with E-state index in [0.29, 0.717) is 23.1 Å². The van der Waals surface area contributed by atoms with Gasteiger partial charge in [-0.2, -0.15) is 0 Å². The number of carboxylic acid groups (broad SMARTS) is 1. The average Bonchev–Trinajstić information content (AvgIpc) is 3.63. The molecule has 0 spiro atoms. The molecule has 2 aromatic heterocycles. The summed E-state index contributed by atoms with van der Waals surface area (Å²) in [7, 11) is 0. The molecule has 0 radical (unpaired) electrons. The molecular formula is C45H52N8O9. The summed E-state index contributed by atoms with van der Waals surface area (Å²) in [6.45, 7) is 5.19. The van der Waals surface area contributed by atoms with Crippen molar-refractivity contribution in [3.05, 3.63) is 114 Å². The number of primary amides is 1. The third-order valence-corrected chi connectivity index (χ3v) is 9.75. The van der Waals surface area contributed by atoms with E-state index in [-0.39, 0.29) is 38.1 Å². The summed E-state index contributed by atoms with van der Waals surface area (Å²) < 4.78 is 5.45. The number of H-pyrrole nitrogens is 1. The Kier molecular flexibility index (Phi) is 15.7. The topological polar surface area (TPSA) is 264 Å². The smallest absolute Gasteiger partial charge is 0.408 e. The fraction of sp³-hybridized carbons (Fsp3) is 0.333. The molecule has 0 fully saturated rings. The number of carbonyl (C=O) groups is 7. The quantitative estimate of drug-likeness (QED) is 0.0529. The van der Waals surface area contributed by atoms with Gasteiger partial charge in [-0.3, -0.25) is 33.8 Å². The highest BCUT2D eigenvalue weighted by Crippen LogP contribution is 2.20. The lowest BCUT2D eigenvalue weighted by Crippen LogP contribution is -2.59. The molecule has 17 nitrogen and oxygen atoms in total. The summed E-state index contributed by atoms with van der Waals surface area (Å²) in [5.74, 6) is -5.33. The van der Waals surface area contributed by atoms with Crippen LogP contribution >= 0.6 is 0 Å². The van der Waals surface area contributed by atoms with E-state index in [9.17, 15) is 38.7 Å². The number of nitrogens with one attached hydrogen (secondary N) is 6. The number of aromatic amines is 1. The Bertz CT molecular complexity index is 2400. The molecule has 0 saturated carbocycles. The molecule has 9 N–H and O–H groups in total. The van der Waals surface area contributed by atoms with Crippen LogP contribution in [0.3, 0.4) is 0 Å². The van der Waals surface area contributed by atoms with Crippen molar-refractivity contribution in [1.82, 2.24) is 36.6 Å². The lowest BCUT2D eigenvalue weighted by atomic mass is 10.0. The van der Waals surface area contributed by atoms with Gasteiger partial charge in [0.2, 0.25) is 23.6 Å². The Morgan fingerprint density at radius 1 is 0.758 bits per heavy atom. The Balaban J connectivity index is 1.34. The first-order chi connectivity index (χ1) is 29.6. The number of unbranched alkanes of at least 4 members (excludes halogenated alkanes) is 1. The molecule has 0 bridgehead atoms. The van der Waals surface area contributed by atoms with Gasteiger partial charge in [-0.25, -0.2) is 4.79 Å². The Morgan fingerprint density at radius 2 is 1.40 bits per heavy atom. The highest BCUT2D eigenvalue weighted by molar-refractivity contribution is 5.98. The van der Waals surface area contributed by atoms with Crippen LogP contribution in [0.5, 0.6) is 0 Å². The van der Waals surface area contributed by atoms with Gasteiger partial charge in [-0.15, -0.1) is 0 Å². The van der Waals surface area contributed by atoms with Gasteiger partial charge in [-0.1, -0.05) is 66.7 Å². The highest BCUT2D eigenvalue weighted by Gasteiger charge is 2.33. The van der Waals surface area contributed by atoms with Crippen molar-refractivity contribution >= 4 is 63.4 Å². The lowest BCUT2D eigenvalue weighted by Gasteiger charge is -2.27. The van der Waals surface area contributed by atoms with Crippen molar-refractivity contribution < 1.29 is 43.4 Å². The van der Waals surface area contributed by atoms with Crippen molar-refractivity contribution in [2.75, 3.05) is 6.54 Å². The minimum Gasteiger partial charge on any atom is -0.481 e. The number of para-hydroxylation sites is 2. The number of aliphatic carboxylic acids is 1. The second-order valence-corrected chi connectivity index (χ2v) is 15.8. The minimum absolute atomic E-state index is 0.00468. The number of aromatic nitrogens is 2. The maximum absolute atomic E-state index is 14.2. The van der Waals surface area contributed by atoms with Crippen LogP contribution in [0.2, 0.25) is 0 Å². The number of benzene rings is 3. The zero-order valence-corrected chi connectivity index (χ0v) is 34.7. The molecule has 5 aromatic rings. The van der Waals surface area contributed by atoms with Gasteiger partial charge < -0.3 is 47.1 Å². The minimum atomic E-state index is -1.69. The zero-order valence-electron chi connectivity index (χ0n) is 34.7. The molecule has 0 unspecified atom stereocenters. The van der Waals surface area contributed by atoms with Crippen LogP contribution in [0.4, 0.5) is 4.79 Å². The van der Waals surface area contributed by atoms with Crippen molar-refractivity contribution in [1.29, 1.82) is 0 Å². The molecule has 0 aliphatic carbocycles. The SMILES string of the molecule is CC(C)(C)OC(=O)N[C@@H](Cc1c[nH]c2ccccc12)C(=O)N[C@@H](CCCCNC(=O)c1cnc2ccccc2c1)C(=O)N[C@@H](CC(=O)O)C(=O)N[C@@H](Cc1ccccc1)C(N)=O. The second-order valence-electron chi connectivity index (χ2n) is 15.8. The third-order valence-electron chi connectivity index (χ3n) is 9.75. The predicted molar refractivity (Wildman–Crippen MR) is 230 cm³/mol. The first-order valence-corrected chi connectivity index (χ1v) is 20.2. The second kappa shape index (κ2) is 21.3. The molecular weight excluding hydrogens is 797 g/mol. The monoisotopic (exact) mass is 848 g/mol. The van der Waals surface area contributed by atoms with E-state index in [4.69, 9.17) is 10.5 Å². The molecule has 6 amide bonds. The van der Waals surface area contributed by atoms with E-state index < -0.39 is 71.9 Å². The van der Waals surface area contributed by atoms with Gasteiger partial charge in [0.1, 0.15) is 29.8 Å². The number of carbonyl (C=O) groups excluding carboxylic acids is 6. The van der Waals surface area contributed by atoms with E-state index >= 15 is 0 Å². The predicted octanol–water partition coefficient (Wildman–Crippen LogP) is 3.41. The molecule has 3 aromatic carbocycles. The largest absolute Gasteiger partial charge is 0.481 e.